The lowest BCUT2D eigenvalue weighted by atomic mass is 9.95. The maximum atomic E-state index is 10.7. The zero-order chi connectivity index (χ0) is 20.4. The van der Waals surface area contributed by atoms with Crippen LogP contribution in [0.2, 0.25) is 0 Å². The molecular formula is C25H32N2O3. The van der Waals surface area contributed by atoms with Crippen molar-refractivity contribution < 1.29 is 14.9 Å². The van der Waals surface area contributed by atoms with E-state index in [1.54, 1.807) is 4.57 Å². The molecular weight excluding hydrogens is 376 g/mol. The minimum Gasteiger partial charge on any atom is -0.494 e. The molecule has 0 spiro atoms. The van der Waals surface area contributed by atoms with Crippen molar-refractivity contribution in [2.45, 2.75) is 62.5 Å². The fourth-order valence-electron chi connectivity index (χ4n) is 7.13. The average molecular weight is 409 g/mol. The standard InChI is InChI=1S/C25H32N2O3/c1-30-23-18-7-3-2-6-17(18)19-13-26(14-20(19)23)10-4-5-11-27-24(28)21-15-8-9-16(12-15)22(21)25(27)29/h2-3,6-7,15-16,19-20,23,28-29H,4-5,8-14H2,1H3. The smallest absolute Gasteiger partial charge is 0.197 e. The molecule has 30 heavy (non-hydrogen) atoms. The van der Waals surface area contributed by atoms with Crippen LogP contribution in [-0.2, 0) is 11.3 Å². The highest BCUT2D eigenvalue weighted by atomic mass is 16.5. The highest BCUT2D eigenvalue weighted by Crippen LogP contribution is 2.59. The molecule has 0 radical (unpaired) electrons. The number of likely N-dealkylation sites (tertiary alicyclic amines) is 1. The lowest BCUT2D eigenvalue weighted by Crippen LogP contribution is -2.24. The molecule has 1 saturated carbocycles. The third kappa shape index (κ3) is 2.61. The molecule has 5 atom stereocenters. The Bertz CT molecular complexity index is 934. The SMILES string of the molecule is COC1c2ccccc2C2CN(CCCCn3c(O)c4c(c3O)C3CCC4C3)CC21. The lowest BCUT2D eigenvalue weighted by molar-refractivity contribution is 0.0602. The van der Waals surface area contributed by atoms with Gasteiger partial charge < -0.3 is 19.8 Å². The van der Waals surface area contributed by atoms with Crippen LogP contribution in [-0.4, -0.2) is 46.4 Å². The Morgan fingerprint density at radius 1 is 0.933 bits per heavy atom. The topological polar surface area (TPSA) is 57.9 Å². The Kier molecular flexibility index (Phi) is 4.40. The van der Waals surface area contributed by atoms with Gasteiger partial charge >= 0.3 is 0 Å². The summed E-state index contributed by atoms with van der Waals surface area (Å²) in [7, 11) is 1.84. The number of methoxy groups -OCH3 is 1. The molecule has 5 nitrogen and oxygen atoms in total. The third-order valence-corrected chi connectivity index (χ3v) is 8.42. The first-order valence-corrected chi connectivity index (χ1v) is 11.7. The van der Waals surface area contributed by atoms with E-state index in [-0.39, 0.29) is 6.10 Å². The molecule has 4 aliphatic rings. The van der Waals surface area contributed by atoms with Gasteiger partial charge in [0.25, 0.3) is 0 Å². The van der Waals surface area contributed by atoms with Crippen molar-refractivity contribution in [3.63, 3.8) is 0 Å². The zero-order valence-corrected chi connectivity index (χ0v) is 17.8. The van der Waals surface area contributed by atoms with Crippen LogP contribution in [0.15, 0.2) is 24.3 Å². The molecule has 160 valence electrons. The molecule has 1 aromatic heterocycles. The second-order valence-electron chi connectivity index (χ2n) is 9.86. The van der Waals surface area contributed by atoms with Gasteiger partial charge in [0.2, 0.25) is 0 Å². The summed E-state index contributed by atoms with van der Waals surface area (Å²) in [5, 5.41) is 21.4. The van der Waals surface area contributed by atoms with Crippen molar-refractivity contribution >= 4 is 0 Å². The monoisotopic (exact) mass is 408 g/mol. The second kappa shape index (κ2) is 7.03. The summed E-state index contributed by atoms with van der Waals surface area (Å²) >= 11 is 0. The van der Waals surface area contributed by atoms with Gasteiger partial charge in [0, 0.05) is 49.7 Å². The first kappa shape index (κ1) is 18.8. The summed E-state index contributed by atoms with van der Waals surface area (Å²) in [6.45, 7) is 3.97. The van der Waals surface area contributed by atoms with Gasteiger partial charge in [-0.25, -0.2) is 0 Å². The van der Waals surface area contributed by atoms with Gasteiger partial charge in [0.1, 0.15) is 0 Å². The number of hydrogen-bond donors (Lipinski definition) is 2. The van der Waals surface area contributed by atoms with Crippen LogP contribution in [0.4, 0.5) is 0 Å². The van der Waals surface area contributed by atoms with Crippen LogP contribution in [0.25, 0.3) is 0 Å². The van der Waals surface area contributed by atoms with E-state index >= 15 is 0 Å². The summed E-state index contributed by atoms with van der Waals surface area (Å²) in [6, 6.07) is 8.78. The fraction of sp³-hybridized carbons (Fsp3) is 0.600. The van der Waals surface area contributed by atoms with E-state index in [2.05, 4.69) is 29.2 Å². The van der Waals surface area contributed by atoms with Crippen LogP contribution >= 0.6 is 0 Å². The predicted octanol–water partition coefficient (Wildman–Crippen LogP) is 4.46. The van der Waals surface area contributed by atoms with Crippen LogP contribution < -0.4 is 0 Å². The number of unbranched alkanes of at least 4 members (excludes halogenated alkanes) is 1. The zero-order valence-electron chi connectivity index (χ0n) is 17.8. The number of nitrogens with zero attached hydrogens (tertiary/aromatic N) is 2. The van der Waals surface area contributed by atoms with Crippen LogP contribution in [0.3, 0.4) is 0 Å². The average Bonchev–Trinajstić information content (AvgIpc) is 3.54. The van der Waals surface area contributed by atoms with E-state index in [1.807, 2.05) is 7.11 Å². The van der Waals surface area contributed by atoms with Crippen molar-refractivity contribution in [3.05, 3.63) is 46.5 Å². The van der Waals surface area contributed by atoms with Crippen molar-refractivity contribution in [1.82, 2.24) is 9.47 Å². The van der Waals surface area contributed by atoms with Gasteiger partial charge in [-0.15, -0.1) is 0 Å². The highest BCUT2D eigenvalue weighted by Gasteiger charge is 2.46. The molecule has 5 heteroatoms. The van der Waals surface area contributed by atoms with Crippen LogP contribution in [0.5, 0.6) is 11.8 Å². The molecule has 2 N–H and O–H groups in total. The maximum Gasteiger partial charge on any atom is 0.197 e. The normalized spacial score (nSPS) is 31.3. The number of hydrogen-bond acceptors (Lipinski definition) is 4. The highest BCUT2D eigenvalue weighted by molar-refractivity contribution is 5.54. The molecule has 2 bridgehead atoms. The van der Waals surface area contributed by atoms with Gasteiger partial charge in [-0.2, -0.15) is 0 Å². The minimum atomic E-state index is 0.225. The molecule has 1 saturated heterocycles. The van der Waals surface area contributed by atoms with Gasteiger partial charge in [-0.05, 0) is 61.6 Å². The van der Waals surface area contributed by atoms with Gasteiger partial charge in [-0.1, -0.05) is 24.3 Å². The summed E-state index contributed by atoms with van der Waals surface area (Å²) in [5.41, 5.74) is 4.97. The Morgan fingerprint density at radius 3 is 2.30 bits per heavy atom. The van der Waals surface area contributed by atoms with Crippen LogP contribution in [0, 0.1) is 5.92 Å². The predicted molar refractivity (Wildman–Crippen MR) is 115 cm³/mol. The van der Waals surface area contributed by atoms with Gasteiger partial charge in [0.05, 0.1) is 6.10 Å². The Balaban J connectivity index is 1.07. The van der Waals surface area contributed by atoms with Crippen LogP contribution in [0.1, 0.15) is 78.2 Å². The number of aromatic nitrogens is 1. The van der Waals surface area contributed by atoms with Gasteiger partial charge in [0.15, 0.2) is 11.8 Å². The number of fused-ring (bicyclic) bond motifs is 8. The molecule has 3 aliphatic carbocycles. The Morgan fingerprint density at radius 2 is 1.60 bits per heavy atom. The van der Waals surface area contributed by atoms with Crippen molar-refractivity contribution in [3.8, 4) is 11.8 Å². The second-order valence-corrected chi connectivity index (χ2v) is 9.86. The Labute approximate surface area is 178 Å². The van der Waals surface area contributed by atoms with Gasteiger partial charge in [-0.3, -0.25) is 4.57 Å². The lowest BCUT2D eigenvalue weighted by Gasteiger charge is -2.20. The largest absolute Gasteiger partial charge is 0.494 e. The molecule has 5 unspecified atom stereocenters. The van der Waals surface area contributed by atoms with Crippen molar-refractivity contribution in [2.75, 3.05) is 26.7 Å². The molecule has 2 fully saturated rings. The van der Waals surface area contributed by atoms with Crippen molar-refractivity contribution in [2.24, 2.45) is 5.92 Å². The number of ether oxygens (including phenoxy) is 1. The molecule has 6 rings (SSSR count). The van der Waals surface area contributed by atoms with E-state index < -0.39 is 0 Å². The maximum absolute atomic E-state index is 10.7. The molecule has 1 aromatic carbocycles. The molecule has 1 aliphatic heterocycles. The molecule has 2 heterocycles. The first-order valence-electron chi connectivity index (χ1n) is 11.7. The third-order valence-electron chi connectivity index (χ3n) is 8.42. The fourth-order valence-corrected chi connectivity index (χ4v) is 7.13. The van der Waals surface area contributed by atoms with Crippen molar-refractivity contribution in [1.29, 1.82) is 0 Å². The number of rotatable bonds is 6. The first-order chi connectivity index (χ1) is 14.7. The van der Waals surface area contributed by atoms with E-state index in [0.717, 1.165) is 62.9 Å². The van der Waals surface area contributed by atoms with E-state index in [9.17, 15) is 10.2 Å². The van der Waals surface area contributed by atoms with E-state index in [1.165, 1.54) is 11.1 Å². The minimum absolute atomic E-state index is 0.225. The molecule has 2 aromatic rings. The number of aromatic hydroxyl groups is 2. The van der Waals surface area contributed by atoms with E-state index in [4.69, 9.17) is 4.74 Å². The summed E-state index contributed by atoms with van der Waals surface area (Å²) in [4.78, 5) is 2.58. The Hall–Kier alpha value is -1.98. The summed E-state index contributed by atoms with van der Waals surface area (Å²) in [5.74, 6) is 2.76. The van der Waals surface area contributed by atoms with E-state index in [0.29, 0.717) is 42.0 Å². The summed E-state index contributed by atoms with van der Waals surface area (Å²) < 4.78 is 7.65. The number of benzene rings is 1. The quantitative estimate of drug-likeness (QED) is 0.693. The summed E-state index contributed by atoms with van der Waals surface area (Å²) in [6.07, 6.45) is 5.72. The molecule has 0 amide bonds.